The van der Waals surface area contributed by atoms with E-state index in [9.17, 15) is 0 Å². The van der Waals surface area contributed by atoms with E-state index in [1.54, 1.807) is 6.20 Å². The van der Waals surface area contributed by atoms with Gasteiger partial charge in [-0.15, -0.1) is 0 Å². The number of anilines is 2. The van der Waals surface area contributed by atoms with Crippen molar-refractivity contribution in [3.05, 3.63) is 29.8 Å². The van der Waals surface area contributed by atoms with Gasteiger partial charge >= 0.3 is 0 Å². The molecular formula is C11H16N6. The summed E-state index contributed by atoms with van der Waals surface area (Å²) in [6, 6.07) is 0. The van der Waals surface area contributed by atoms with Crippen molar-refractivity contribution in [1.29, 1.82) is 0 Å². The van der Waals surface area contributed by atoms with E-state index in [1.165, 1.54) is 11.8 Å². The lowest BCUT2D eigenvalue weighted by Crippen LogP contribution is -2.03. The van der Waals surface area contributed by atoms with Gasteiger partial charge in [0.2, 0.25) is 0 Å². The second-order valence-corrected chi connectivity index (χ2v) is 3.81. The number of nitrogen functional groups attached to an aromatic ring is 1. The Kier molecular flexibility index (Phi) is 3.22. The van der Waals surface area contributed by atoms with Crippen molar-refractivity contribution in [2.45, 2.75) is 19.9 Å². The molecule has 17 heavy (non-hydrogen) atoms. The Bertz CT molecular complexity index is 487. The second-order valence-electron chi connectivity index (χ2n) is 3.81. The van der Waals surface area contributed by atoms with E-state index in [0.29, 0.717) is 18.2 Å². The normalized spacial score (nSPS) is 10.5. The van der Waals surface area contributed by atoms with Crippen LogP contribution >= 0.6 is 0 Å². The summed E-state index contributed by atoms with van der Waals surface area (Å²) in [7, 11) is 1.92. The van der Waals surface area contributed by atoms with Gasteiger partial charge in [0.15, 0.2) is 0 Å². The van der Waals surface area contributed by atoms with Gasteiger partial charge in [0.25, 0.3) is 0 Å². The molecule has 0 atom stereocenters. The zero-order chi connectivity index (χ0) is 12.3. The molecule has 0 aliphatic rings. The molecule has 2 aromatic heterocycles. The van der Waals surface area contributed by atoms with E-state index in [1.807, 2.05) is 17.9 Å². The molecular weight excluding hydrogens is 216 g/mol. The maximum absolute atomic E-state index is 5.47. The SMILES string of the molecule is CCc1nn(C)cc1CNc1cnc(N)cn1. The number of nitrogens with two attached hydrogens (primary N) is 1. The van der Waals surface area contributed by atoms with Crippen LogP contribution in [0.25, 0.3) is 0 Å². The first-order valence-corrected chi connectivity index (χ1v) is 5.52. The van der Waals surface area contributed by atoms with Crippen molar-refractivity contribution in [2.75, 3.05) is 11.1 Å². The van der Waals surface area contributed by atoms with Crippen LogP contribution in [0.15, 0.2) is 18.6 Å². The lowest BCUT2D eigenvalue weighted by molar-refractivity contribution is 0.746. The van der Waals surface area contributed by atoms with Gasteiger partial charge in [0.05, 0.1) is 18.1 Å². The molecule has 0 aromatic carbocycles. The van der Waals surface area contributed by atoms with E-state index < -0.39 is 0 Å². The number of aryl methyl sites for hydroxylation is 2. The smallest absolute Gasteiger partial charge is 0.144 e. The minimum atomic E-state index is 0.422. The summed E-state index contributed by atoms with van der Waals surface area (Å²) in [4.78, 5) is 8.10. The third-order valence-electron chi connectivity index (χ3n) is 2.46. The lowest BCUT2D eigenvalue weighted by atomic mass is 10.2. The molecule has 2 aromatic rings. The number of aromatic nitrogens is 4. The highest BCUT2D eigenvalue weighted by atomic mass is 15.3. The first kappa shape index (κ1) is 11.4. The summed E-state index contributed by atoms with van der Waals surface area (Å²) in [6.07, 6.45) is 6.09. The Morgan fingerprint density at radius 3 is 2.82 bits per heavy atom. The van der Waals surface area contributed by atoms with E-state index in [2.05, 4.69) is 27.3 Å². The topological polar surface area (TPSA) is 81.7 Å². The van der Waals surface area contributed by atoms with Crippen LogP contribution in [-0.4, -0.2) is 19.7 Å². The molecule has 0 radical (unpaired) electrons. The van der Waals surface area contributed by atoms with Gasteiger partial charge in [-0.3, -0.25) is 4.68 Å². The molecule has 0 saturated carbocycles. The molecule has 2 rings (SSSR count). The van der Waals surface area contributed by atoms with Gasteiger partial charge in [-0.05, 0) is 6.42 Å². The van der Waals surface area contributed by atoms with Crippen molar-refractivity contribution in [1.82, 2.24) is 19.7 Å². The molecule has 0 aliphatic carbocycles. The maximum atomic E-state index is 5.47. The van der Waals surface area contributed by atoms with Crippen LogP contribution in [0.5, 0.6) is 0 Å². The van der Waals surface area contributed by atoms with Crippen molar-refractivity contribution in [3.8, 4) is 0 Å². The highest BCUT2D eigenvalue weighted by Crippen LogP contribution is 2.10. The standard InChI is InChI=1S/C11H16N6/c1-3-9-8(7-17(2)16-9)4-14-11-6-13-10(12)5-15-11/h5-7H,3-4H2,1-2H3,(H2,12,13)(H,14,15). The Labute approximate surface area is 99.9 Å². The fourth-order valence-corrected chi connectivity index (χ4v) is 1.64. The molecule has 0 amide bonds. The summed E-state index contributed by atoms with van der Waals surface area (Å²) in [5.74, 6) is 1.14. The third kappa shape index (κ3) is 2.72. The van der Waals surface area contributed by atoms with E-state index in [0.717, 1.165) is 12.1 Å². The zero-order valence-electron chi connectivity index (χ0n) is 10.0. The van der Waals surface area contributed by atoms with Crippen LogP contribution in [0.3, 0.4) is 0 Å². The third-order valence-corrected chi connectivity index (χ3v) is 2.46. The summed E-state index contributed by atoms with van der Waals surface area (Å²) in [6.45, 7) is 2.78. The first-order chi connectivity index (χ1) is 8.19. The summed E-state index contributed by atoms with van der Waals surface area (Å²) in [5.41, 5.74) is 7.74. The van der Waals surface area contributed by atoms with E-state index >= 15 is 0 Å². The van der Waals surface area contributed by atoms with Crippen LogP contribution in [-0.2, 0) is 20.0 Å². The van der Waals surface area contributed by atoms with Gasteiger partial charge in [-0.25, -0.2) is 9.97 Å². The fraction of sp³-hybridized carbons (Fsp3) is 0.364. The second kappa shape index (κ2) is 4.82. The van der Waals surface area contributed by atoms with Gasteiger partial charge in [-0.1, -0.05) is 6.92 Å². The number of nitrogens with zero attached hydrogens (tertiary/aromatic N) is 4. The number of hydrogen-bond donors (Lipinski definition) is 2. The minimum Gasteiger partial charge on any atom is -0.382 e. The quantitative estimate of drug-likeness (QED) is 0.820. The van der Waals surface area contributed by atoms with Crippen LogP contribution in [0.4, 0.5) is 11.6 Å². The molecule has 0 saturated heterocycles. The van der Waals surface area contributed by atoms with E-state index in [-0.39, 0.29) is 0 Å². The molecule has 3 N–H and O–H groups in total. The number of nitrogens with one attached hydrogen (secondary N) is 1. The van der Waals surface area contributed by atoms with Crippen LogP contribution < -0.4 is 11.1 Å². The predicted molar refractivity (Wildman–Crippen MR) is 66.4 cm³/mol. The van der Waals surface area contributed by atoms with Gasteiger partial charge in [0, 0.05) is 25.4 Å². The first-order valence-electron chi connectivity index (χ1n) is 5.52. The lowest BCUT2D eigenvalue weighted by Gasteiger charge is -2.04. The molecule has 0 fully saturated rings. The summed E-state index contributed by atoms with van der Waals surface area (Å²) >= 11 is 0. The molecule has 6 heteroatoms. The number of hydrogen-bond acceptors (Lipinski definition) is 5. The molecule has 6 nitrogen and oxygen atoms in total. The van der Waals surface area contributed by atoms with Gasteiger partial charge < -0.3 is 11.1 Å². The van der Waals surface area contributed by atoms with Crippen LogP contribution in [0, 0.1) is 0 Å². The molecule has 0 bridgehead atoms. The Morgan fingerprint density at radius 1 is 1.35 bits per heavy atom. The highest BCUT2D eigenvalue weighted by Gasteiger charge is 2.05. The molecule has 2 heterocycles. The maximum Gasteiger partial charge on any atom is 0.144 e. The molecule has 0 spiro atoms. The largest absolute Gasteiger partial charge is 0.382 e. The summed E-state index contributed by atoms with van der Waals surface area (Å²) < 4.78 is 1.82. The molecule has 90 valence electrons. The van der Waals surface area contributed by atoms with Crippen LogP contribution in [0.2, 0.25) is 0 Å². The van der Waals surface area contributed by atoms with Gasteiger partial charge in [0.1, 0.15) is 11.6 Å². The highest BCUT2D eigenvalue weighted by molar-refractivity contribution is 5.37. The Balaban J connectivity index is 2.04. The predicted octanol–water partition coefficient (Wildman–Crippen LogP) is 0.967. The van der Waals surface area contributed by atoms with Gasteiger partial charge in [-0.2, -0.15) is 5.10 Å². The van der Waals surface area contributed by atoms with E-state index in [4.69, 9.17) is 5.73 Å². The average Bonchev–Trinajstić information content (AvgIpc) is 2.69. The minimum absolute atomic E-state index is 0.422. The monoisotopic (exact) mass is 232 g/mol. The zero-order valence-corrected chi connectivity index (χ0v) is 10.0. The Morgan fingerprint density at radius 2 is 2.18 bits per heavy atom. The summed E-state index contributed by atoms with van der Waals surface area (Å²) in [5, 5.41) is 7.57. The molecule has 0 aliphatic heterocycles. The van der Waals surface area contributed by atoms with Crippen molar-refractivity contribution in [3.63, 3.8) is 0 Å². The van der Waals surface area contributed by atoms with Crippen molar-refractivity contribution in [2.24, 2.45) is 7.05 Å². The fourth-order valence-electron chi connectivity index (χ4n) is 1.64. The average molecular weight is 232 g/mol. The Hall–Kier alpha value is -2.11. The van der Waals surface area contributed by atoms with Crippen LogP contribution in [0.1, 0.15) is 18.2 Å². The molecule has 0 unspecified atom stereocenters. The van der Waals surface area contributed by atoms with Crippen molar-refractivity contribution < 1.29 is 0 Å². The number of rotatable bonds is 4. The van der Waals surface area contributed by atoms with Crippen molar-refractivity contribution >= 4 is 11.6 Å².